The molecule has 0 radical (unpaired) electrons. The van der Waals surface area contributed by atoms with Gasteiger partial charge in [0, 0.05) is 37.4 Å². The number of benzene rings is 1. The Hall–Kier alpha value is -2.64. The van der Waals surface area contributed by atoms with Gasteiger partial charge in [0.1, 0.15) is 5.76 Å². The second kappa shape index (κ2) is 6.93. The van der Waals surface area contributed by atoms with Crippen LogP contribution in [0, 0.1) is 0 Å². The van der Waals surface area contributed by atoms with E-state index in [1.165, 1.54) is 10.5 Å². The van der Waals surface area contributed by atoms with E-state index < -0.39 is 0 Å². The largest absolute Gasteiger partial charge is 0.500 e. The molecule has 5 aliphatic rings. The van der Waals surface area contributed by atoms with E-state index in [1.54, 1.807) is 7.11 Å². The summed E-state index contributed by atoms with van der Waals surface area (Å²) >= 11 is 0. The van der Waals surface area contributed by atoms with E-state index in [9.17, 15) is 9.59 Å². The molecule has 1 aromatic rings. The Labute approximate surface area is 182 Å². The Kier molecular flexibility index (Phi) is 4.27. The van der Waals surface area contributed by atoms with Gasteiger partial charge >= 0.3 is 0 Å². The summed E-state index contributed by atoms with van der Waals surface area (Å²) in [4.78, 5) is 33.3. The number of carbonyl (C=O) groups is 2. The van der Waals surface area contributed by atoms with Crippen LogP contribution in [0.25, 0.3) is 0 Å². The number of imide groups is 1. The summed E-state index contributed by atoms with van der Waals surface area (Å²) in [5.74, 6) is 0.525. The molecule has 0 saturated carbocycles. The maximum absolute atomic E-state index is 13.7. The van der Waals surface area contributed by atoms with E-state index in [4.69, 9.17) is 4.74 Å². The molecule has 3 aliphatic heterocycles. The number of likely N-dealkylation sites (N-methyl/N-ethyl adjacent to an activating group) is 1. The van der Waals surface area contributed by atoms with Crippen LogP contribution >= 0.6 is 0 Å². The van der Waals surface area contributed by atoms with Gasteiger partial charge in [-0.15, -0.1) is 0 Å². The maximum atomic E-state index is 13.7. The highest BCUT2D eigenvalue weighted by atomic mass is 16.5. The molecule has 0 aromatic heterocycles. The van der Waals surface area contributed by atoms with Crippen LogP contribution in [-0.4, -0.2) is 79.6 Å². The lowest BCUT2D eigenvalue weighted by atomic mass is 9.83. The Bertz CT molecular complexity index is 1050. The first-order valence-electron chi connectivity index (χ1n) is 11.3. The van der Waals surface area contributed by atoms with Gasteiger partial charge in [0.05, 0.1) is 36.9 Å². The third-order valence-electron chi connectivity index (χ3n) is 7.57. The summed E-state index contributed by atoms with van der Waals surface area (Å²) < 4.78 is 5.71. The van der Waals surface area contributed by atoms with Crippen LogP contribution in [0.3, 0.4) is 0 Å². The first-order valence-corrected chi connectivity index (χ1v) is 11.3. The number of piperazine rings is 1. The first kappa shape index (κ1) is 19.1. The molecule has 0 bridgehead atoms. The van der Waals surface area contributed by atoms with Crippen LogP contribution in [-0.2, 0) is 17.6 Å². The van der Waals surface area contributed by atoms with Crippen LogP contribution in [0.2, 0.25) is 0 Å². The standard InChI is InChI=1S/C24H28N4O3/c1-26-9-11-27(12-10-26)13-28-23(29)18-14-5-3-6-15(14)22-20(21(18)24(28)30)19-16(25-22)7-4-8-17(19)31-2/h4,7-8,16,19,25H,3,5-6,9-13H2,1-2H3. The minimum atomic E-state index is -0.141. The maximum Gasteiger partial charge on any atom is 0.263 e. The van der Waals surface area contributed by atoms with E-state index in [1.807, 2.05) is 12.2 Å². The number of hydrogen-bond donors (Lipinski definition) is 1. The summed E-state index contributed by atoms with van der Waals surface area (Å²) in [6.45, 7) is 4.02. The van der Waals surface area contributed by atoms with E-state index in [2.05, 4.69) is 28.2 Å². The molecule has 2 unspecified atom stereocenters. The number of fused-ring (bicyclic) bond motifs is 8. The lowest BCUT2D eigenvalue weighted by Gasteiger charge is -2.34. The number of nitrogens with zero attached hydrogens (tertiary/aromatic N) is 3. The topological polar surface area (TPSA) is 65.1 Å². The SMILES string of the molecule is COC1=CC=CC2Nc3c4c(c5c(c3C12)C(=O)N(CN1CCN(C)CC1)C5=O)CCC4. The molecule has 7 heteroatoms. The van der Waals surface area contributed by atoms with Crippen molar-refractivity contribution in [1.82, 2.24) is 14.7 Å². The molecule has 2 atom stereocenters. The molecule has 0 spiro atoms. The fourth-order valence-electron chi connectivity index (χ4n) is 5.96. The Morgan fingerprint density at radius 3 is 2.58 bits per heavy atom. The molecule has 1 saturated heterocycles. The fraction of sp³-hybridized carbons (Fsp3) is 0.500. The van der Waals surface area contributed by atoms with Crippen LogP contribution in [0.4, 0.5) is 5.69 Å². The average Bonchev–Trinajstić information content (AvgIpc) is 3.46. The van der Waals surface area contributed by atoms with Gasteiger partial charge in [-0.25, -0.2) is 0 Å². The summed E-state index contributed by atoms with van der Waals surface area (Å²) in [6, 6.07) is 0.0562. The molecule has 1 fully saturated rings. The van der Waals surface area contributed by atoms with Crippen molar-refractivity contribution in [1.29, 1.82) is 0 Å². The molecule has 7 nitrogen and oxygen atoms in total. The number of allylic oxidation sites excluding steroid dienone is 2. The van der Waals surface area contributed by atoms with Crippen molar-refractivity contribution in [2.24, 2.45) is 0 Å². The van der Waals surface area contributed by atoms with Gasteiger partial charge in [0.2, 0.25) is 0 Å². The number of nitrogens with one attached hydrogen (secondary N) is 1. The minimum absolute atomic E-state index is 0.0562. The molecular weight excluding hydrogens is 392 g/mol. The molecule has 2 amide bonds. The van der Waals surface area contributed by atoms with Crippen molar-refractivity contribution in [3.63, 3.8) is 0 Å². The average molecular weight is 421 g/mol. The van der Waals surface area contributed by atoms with Crippen molar-refractivity contribution in [3.05, 3.63) is 51.8 Å². The quantitative estimate of drug-likeness (QED) is 0.755. The molecular formula is C24H28N4O3. The summed E-state index contributed by atoms with van der Waals surface area (Å²) in [5, 5.41) is 3.66. The summed E-state index contributed by atoms with van der Waals surface area (Å²) in [5.41, 5.74) is 5.64. The van der Waals surface area contributed by atoms with Gasteiger partial charge in [0.25, 0.3) is 11.8 Å². The highest BCUT2D eigenvalue weighted by Crippen LogP contribution is 2.52. The van der Waals surface area contributed by atoms with Crippen LogP contribution in [0.5, 0.6) is 0 Å². The van der Waals surface area contributed by atoms with Gasteiger partial charge < -0.3 is 15.0 Å². The number of hydrogen-bond acceptors (Lipinski definition) is 6. The second-order valence-electron chi connectivity index (χ2n) is 9.26. The zero-order valence-corrected chi connectivity index (χ0v) is 18.1. The summed E-state index contributed by atoms with van der Waals surface area (Å²) in [7, 11) is 3.79. The zero-order valence-electron chi connectivity index (χ0n) is 18.1. The van der Waals surface area contributed by atoms with Crippen molar-refractivity contribution < 1.29 is 14.3 Å². The molecule has 2 aliphatic carbocycles. The third-order valence-corrected chi connectivity index (χ3v) is 7.57. The van der Waals surface area contributed by atoms with Gasteiger partial charge in [0.15, 0.2) is 0 Å². The summed E-state index contributed by atoms with van der Waals surface area (Å²) in [6.07, 6.45) is 8.95. The van der Waals surface area contributed by atoms with Crippen molar-refractivity contribution >= 4 is 17.5 Å². The van der Waals surface area contributed by atoms with Crippen LogP contribution < -0.4 is 5.32 Å². The third kappa shape index (κ3) is 2.66. The van der Waals surface area contributed by atoms with Gasteiger partial charge in [-0.05, 0) is 43.5 Å². The minimum Gasteiger partial charge on any atom is -0.500 e. The zero-order chi connectivity index (χ0) is 21.3. The van der Waals surface area contributed by atoms with E-state index >= 15 is 0 Å². The number of ether oxygens (including phenoxy) is 1. The lowest BCUT2D eigenvalue weighted by Crippen LogP contribution is -2.50. The molecule has 3 heterocycles. The second-order valence-corrected chi connectivity index (χ2v) is 9.26. The Morgan fingerprint density at radius 1 is 1.06 bits per heavy atom. The first-order chi connectivity index (χ1) is 15.1. The highest BCUT2D eigenvalue weighted by Gasteiger charge is 2.49. The molecule has 6 rings (SSSR count). The smallest absolute Gasteiger partial charge is 0.263 e. The van der Waals surface area contributed by atoms with Crippen LogP contribution in [0.15, 0.2) is 24.0 Å². The number of rotatable bonds is 3. The predicted molar refractivity (Wildman–Crippen MR) is 117 cm³/mol. The highest BCUT2D eigenvalue weighted by molar-refractivity contribution is 6.24. The van der Waals surface area contributed by atoms with E-state index in [-0.39, 0.29) is 23.8 Å². The van der Waals surface area contributed by atoms with Gasteiger partial charge in [-0.1, -0.05) is 12.2 Å². The van der Waals surface area contributed by atoms with E-state index in [0.717, 1.165) is 68.0 Å². The Balaban J connectivity index is 1.45. The van der Waals surface area contributed by atoms with Crippen molar-refractivity contribution in [2.75, 3.05) is 52.3 Å². The van der Waals surface area contributed by atoms with Gasteiger partial charge in [-0.2, -0.15) is 0 Å². The molecule has 31 heavy (non-hydrogen) atoms. The van der Waals surface area contributed by atoms with Crippen molar-refractivity contribution in [2.45, 2.75) is 31.2 Å². The normalized spacial score (nSPS) is 27.0. The lowest BCUT2D eigenvalue weighted by molar-refractivity contribution is 0.0475. The molecule has 1 N–H and O–H groups in total. The monoisotopic (exact) mass is 420 g/mol. The predicted octanol–water partition coefficient (Wildman–Crippen LogP) is 1.95. The van der Waals surface area contributed by atoms with Crippen LogP contribution in [0.1, 0.15) is 49.7 Å². The van der Waals surface area contributed by atoms with Gasteiger partial charge in [-0.3, -0.25) is 19.4 Å². The number of anilines is 1. The fourth-order valence-corrected chi connectivity index (χ4v) is 5.96. The number of methoxy groups -OCH3 is 1. The Morgan fingerprint density at radius 2 is 1.81 bits per heavy atom. The number of amides is 2. The van der Waals surface area contributed by atoms with Crippen molar-refractivity contribution in [3.8, 4) is 0 Å². The molecule has 162 valence electrons. The van der Waals surface area contributed by atoms with E-state index in [0.29, 0.717) is 17.8 Å². The number of carbonyl (C=O) groups excluding carboxylic acids is 2. The molecule has 1 aromatic carbocycles.